The van der Waals surface area contributed by atoms with Gasteiger partial charge in [0.25, 0.3) is 0 Å². The summed E-state index contributed by atoms with van der Waals surface area (Å²) in [5.74, 6) is 0.217. The van der Waals surface area contributed by atoms with Crippen LogP contribution < -0.4 is 9.64 Å². The van der Waals surface area contributed by atoms with Gasteiger partial charge in [0.15, 0.2) is 5.13 Å². The third-order valence-corrected chi connectivity index (χ3v) is 9.69. The van der Waals surface area contributed by atoms with E-state index in [1.807, 2.05) is 70.0 Å². The van der Waals surface area contributed by atoms with Crippen molar-refractivity contribution in [2.45, 2.75) is 91.1 Å². The molecule has 5 rings (SSSR count). The van der Waals surface area contributed by atoms with Crippen molar-refractivity contribution in [3.63, 3.8) is 0 Å². The lowest BCUT2D eigenvalue weighted by atomic mass is 9.93. The number of hydrogen-bond acceptors (Lipinski definition) is 9. The zero-order valence-electron chi connectivity index (χ0n) is 29.3. The highest BCUT2D eigenvalue weighted by atomic mass is 35.5. The molecule has 2 aliphatic rings. The largest absolute Gasteiger partial charge is 0.487 e. The number of hydrogen-bond donors (Lipinski definition) is 0. The molecule has 0 saturated carbocycles. The quantitative estimate of drug-likeness (QED) is 0.229. The summed E-state index contributed by atoms with van der Waals surface area (Å²) >= 11 is 8.25. The SMILES string of the molecule is CO[C@H]1CN(c2nc(-c3cccc(Cl)c3OCc3ccc4c(c3)CCN(C(=O)OC(C)(C)C)C[C@H]4C)cs2)CC[C@H]1C(=O)OC(C)(C)C. The Morgan fingerprint density at radius 2 is 1.77 bits per heavy atom. The molecule has 2 aromatic carbocycles. The number of esters is 1. The predicted molar refractivity (Wildman–Crippen MR) is 190 cm³/mol. The van der Waals surface area contributed by atoms with E-state index in [-0.39, 0.29) is 30.0 Å². The minimum Gasteiger partial charge on any atom is -0.487 e. The van der Waals surface area contributed by atoms with Crippen molar-refractivity contribution in [1.82, 2.24) is 9.88 Å². The first-order chi connectivity index (χ1) is 22.6. The van der Waals surface area contributed by atoms with Gasteiger partial charge in [-0.3, -0.25) is 4.79 Å². The highest BCUT2D eigenvalue weighted by Gasteiger charge is 2.38. The molecule has 0 bridgehead atoms. The first kappa shape index (κ1) is 36.0. The zero-order chi connectivity index (χ0) is 34.8. The number of methoxy groups -OCH3 is 1. The Hall–Kier alpha value is -3.34. The topological polar surface area (TPSA) is 90.4 Å². The standard InChI is InChI=1S/C37H48ClN3O6S/c1-23-19-41(35(43)47-37(5,6)7)16-14-25-18-24(12-13-26(23)25)21-45-32-27(10-9-11-29(32)38)30-22-48-34(39-30)40-17-15-28(31(20-40)44-8)33(42)46-36(2,3)4/h9-13,18,22-23,28,31H,14-17,19-21H2,1-8H3/t23-,28-,31+/m1/s1. The number of carbonyl (C=O) groups excluding carboxylic acids is 2. The van der Waals surface area contributed by atoms with E-state index in [9.17, 15) is 9.59 Å². The number of fused-ring (bicyclic) bond motifs is 1. The fourth-order valence-corrected chi connectivity index (χ4v) is 7.33. The number of thiazole rings is 1. The van der Waals surface area contributed by atoms with Gasteiger partial charge >= 0.3 is 12.1 Å². The Kier molecular flexibility index (Phi) is 11.0. The first-order valence-corrected chi connectivity index (χ1v) is 17.8. The number of aromatic nitrogens is 1. The van der Waals surface area contributed by atoms with Crippen LogP contribution in [0.15, 0.2) is 41.8 Å². The van der Waals surface area contributed by atoms with Crippen LogP contribution in [-0.2, 0) is 32.0 Å². The second kappa shape index (κ2) is 14.6. The van der Waals surface area contributed by atoms with Gasteiger partial charge in [0, 0.05) is 44.2 Å². The number of para-hydroxylation sites is 1. The van der Waals surface area contributed by atoms with Gasteiger partial charge in [-0.05, 0) is 89.1 Å². The lowest BCUT2D eigenvalue weighted by Gasteiger charge is -2.37. The van der Waals surface area contributed by atoms with Gasteiger partial charge in [0.1, 0.15) is 23.6 Å². The van der Waals surface area contributed by atoms with E-state index in [1.54, 1.807) is 18.4 Å². The molecule has 0 aliphatic carbocycles. The van der Waals surface area contributed by atoms with E-state index in [0.29, 0.717) is 50.0 Å². The normalized spacial score (nSPS) is 20.1. The molecule has 1 amide bonds. The average Bonchev–Trinajstić information content (AvgIpc) is 3.44. The molecule has 260 valence electrons. The maximum Gasteiger partial charge on any atom is 0.410 e. The van der Waals surface area contributed by atoms with Gasteiger partial charge in [-0.2, -0.15) is 0 Å². The van der Waals surface area contributed by atoms with Gasteiger partial charge < -0.3 is 28.7 Å². The van der Waals surface area contributed by atoms with Crippen molar-refractivity contribution < 1.29 is 28.5 Å². The Balaban J connectivity index is 1.27. The van der Waals surface area contributed by atoms with Crippen LogP contribution in [-0.4, -0.2) is 72.5 Å². The van der Waals surface area contributed by atoms with Crippen LogP contribution in [0.1, 0.15) is 77.5 Å². The molecule has 48 heavy (non-hydrogen) atoms. The Labute approximate surface area is 293 Å². The third kappa shape index (κ3) is 8.81. The molecule has 1 fully saturated rings. The fraction of sp³-hybridized carbons (Fsp3) is 0.541. The highest BCUT2D eigenvalue weighted by molar-refractivity contribution is 7.14. The van der Waals surface area contributed by atoms with Gasteiger partial charge in [0.05, 0.1) is 22.7 Å². The molecule has 0 unspecified atom stereocenters. The van der Waals surface area contributed by atoms with E-state index in [2.05, 4.69) is 30.0 Å². The summed E-state index contributed by atoms with van der Waals surface area (Å²) < 4.78 is 23.5. The van der Waals surface area contributed by atoms with Crippen molar-refractivity contribution in [3.05, 3.63) is 63.5 Å². The van der Waals surface area contributed by atoms with Gasteiger partial charge in [-0.25, -0.2) is 9.78 Å². The zero-order valence-corrected chi connectivity index (χ0v) is 30.9. The number of halogens is 1. The molecule has 3 atom stereocenters. The van der Waals surface area contributed by atoms with Gasteiger partial charge in [-0.1, -0.05) is 42.8 Å². The Morgan fingerprint density at radius 3 is 2.48 bits per heavy atom. The molecule has 0 spiro atoms. The maximum atomic E-state index is 12.8. The van der Waals surface area contributed by atoms with Crippen LogP contribution in [0, 0.1) is 5.92 Å². The summed E-state index contributed by atoms with van der Waals surface area (Å²) in [6.07, 6.45) is 0.790. The summed E-state index contributed by atoms with van der Waals surface area (Å²) in [4.78, 5) is 34.6. The lowest BCUT2D eigenvalue weighted by molar-refractivity contribution is -0.165. The summed E-state index contributed by atoms with van der Waals surface area (Å²) in [5, 5.41) is 3.37. The van der Waals surface area contributed by atoms with Gasteiger partial charge in [-0.15, -0.1) is 11.3 Å². The van der Waals surface area contributed by atoms with Crippen molar-refractivity contribution in [1.29, 1.82) is 0 Å². The summed E-state index contributed by atoms with van der Waals surface area (Å²) in [6.45, 7) is 16.2. The van der Waals surface area contributed by atoms with Crippen molar-refractivity contribution in [2.24, 2.45) is 5.92 Å². The summed E-state index contributed by atoms with van der Waals surface area (Å²) in [6, 6.07) is 12.1. The number of carbonyl (C=O) groups is 2. The van der Waals surface area contributed by atoms with Crippen LogP contribution in [0.4, 0.5) is 9.93 Å². The molecule has 3 heterocycles. The number of ether oxygens (including phenoxy) is 4. The Morgan fingerprint density at radius 1 is 1.02 bits per heavy atom. The van der Waals surface area contributed by atoms with Crippen LogP contribution in [0.5, 0.6) is 5.75 Å². The predicted octanol–water partition coefficient (Wildman–Crippen LogP) is 8.12. The van der Waals surface area contributed by atoms with Crippen molar-refractivity contribution in [2.75, 3.05) is 38.2 Å². The number of piperidine rings is 1. The molecule has 0 N–H and O–H groups in total. The van der Waals surface area contributed by atoms with Crippen LogP contribution in [0.2, 0.25) is 5.02 Å². The number of nitrogens with zero attached hydrogens (tertiary/aromatic N) is 3. The number of amides is 1. The lowest BCUT2D eigenvalue weighted by Crippen LogP contribution is -2.49. The van der Waals surface area contributed by atoms with Crippen LogP contribution >= 0.6 is 22.9 Å². The van der Waals surface area contributed by atoms with E-state index >= 15 is 0 Å². The van der Waals surface area contributed by atoms with E-state index in [0.717, 1.165) is 28.4 Å². The minimum absolute atomic E-state index is 0.182. The minimum atomic E-state index is -0.545. The third-order valence-electron chi connectivity index (χ3n) is 8.50. The van der Waals surface area contributed by atoms with Gasteiger partial charge in [0.2, 0.25) is 0 Å². The van der Waals surface area contributed by atoms with E-state index < -0.39 is 11.2 Å². The first-order valence-electron chi connectivity index (χ1n) is 16.6. The molecular formula is C37H48ClN3O6S. The molecular weight excluding hydrogens is 650 g/mol. The highest BCUT2D eigenvalue weighted by Crippen LogP contribution is 2.39. The Bertz CT molecular complexity index is 1610. The molecule has 2 aliphatic heterocycles. The molecule has 1 saturated heterocycles. The monoisotopic (exact) mass is 697 g/mol. The molecule has 3 aromatic rings. The smallest absolute Gasteiger partial charge is 0.410 e. The number of rotatable bonds is 7. The molecule has 1 aromatic heterocycles. The summed E-state index contributed by atoms with van der Waals surface area (Å²) in [7, 11) is 1.64. The van der Waals surface area contributed by atoms with Crippen LogP contribution in [0.25, 0.3) is 11.3 Å². The average molecular weight is 698 g/mol. The van der Waals surface area contributed by atoms with E-state index in [4.69, 9.17) is 35.5 Å². The van der Waals surface area contributed by atoms with Crippen molar-refractivity contribution in [3.8, 4) is 17.0 Å². The second-order valence-corrected chi connectivity index (χ2v) is 15.9. The van der Waals surface area contributed by atoms with Crippen molar-refractivity contribution >= 4 is 40.1 Å². The maximum absolute atomic E-state index is 12.8. The fourth-order valence-electron chi connectivity index (χ4n) is 6.24. The van der Waals surface area contributed by atoms with E-state index in [1.165, 1.54) is 11.1 Å². The second-order valence-electron chi connectivity index (χ2n) is 14.7. The summed E-state index contributed by atoms with van der Waals surface area (Å²) in [5.41, 5.74) is 3.98. The number of anilines is 1. The molecule has 9 nitrogen and oxygen atoms in total. The van der Waals surface area contributed by atoms with Crippen LogP contribution in [0.3, 0.4) is 0 Å². The molecule has 0 radical (unpaired) electrons. The number of benzene rings is 2. The molecule has 11 heteroatoms.